The SMILES string of the molecule is CC(=O)C1=C(O)C(=O)N(c2ccc(Cl)cc2)C1CC1CCCC1. The van der Waals surface area contributed by atoms with Crippen molar-refractivity contribution in [3.8, 4) is 0 Å². The van der Waals surface area contributed by atoms with Crippen LogP contribution in [0.5, 0.6) is 0 Å². The number of hydrogen-bond acceptors (Lipinski definition) is 3. The Morgan fingerprint density at radius 2 is 1.87 bits per heavy atom. The number of benzene rings is 1. The molecule has 1 amide bonds. The Morgan fingerprint density at radius 1 is 1.26 bits per heavy atom. The van der Waals surface area contributed by atoms with Gasteiger partial charge in [-0.25, -0.2) is 0 Å². The summed E-state index contributed by atoms with van der Waals surface area (Å²) >= 11 is 5.92. The molecule has 1 unspecified atom stereocenters. The number of anilines is 1. The fourth-order valence-electron chi connectivity index (χ4n) is 3.74. The molecule has 3 rings (SSSR count). The van der Waals surface area contributed by atoms with Crippen LogP contribution in [0.3, 0.4) is 0 Å². The number of aliphatic hydroxyl groups excluding tert-OH is 1. The molecular formula is C18H20ClNO3. The summed E-state index contributed by atoms with van der Waals surface area (Å²) in [7, 11) is 0. The predicted molar refractivity (Wildman–Crippen MR) is 89.6 cm³/mol. The summed E-state index contributed by atoms with van der Waals surface area (Å²) in [6, 6.07) is 6.53. The van der Waals surface area contributed by atoms with Gasteiger partial charge in [-0.2, -0.15) is 0 Å². The van der Waals surface area contributed by atoms with Crippen molar-refractivity contribution in [3.05, 3.63) is 40.6 Å². The molecule has 1 aliphatic heterocycles. The Kier molecular flexibility index (Phi) is 4.44. The molecule has 0 radical (unpaired) electrons. The average molecular weight is 334 g/mol. The number of hydrogen-bond donors (Lipinski definition) is 1. The van der Waals surface area contributed by atoms with E-state index in [-0.39, 0.29) is 17.4 Å². The van der Waals surface area contributed by atoms with Gasteiger partial charge in [0.15, 0.2) is 11.5 Å². The number of Topliss-reactive ketones (excluding diaryl/α,β-unsaturated/α-hetero) is 1. The molecule has 23 heavy (non-hydrogen) atoms. The minimum Gasteiger partial charge on any atom is -0.503 e. The molecule has 1 aromatic rings. The summed E-state index contributed by atoms with van der Waals surface area (Å²) in [5.74, 6) is -0.658. The molecule has 1 aromatic carbocycles. The third-order valence-corrected chi connectivity index (χ3v) is 5.09. The number of halogens is 1. The minimum atomic E-state index is -0.500. The number of amides is 1. The molecule has 1 fully saturated rings. The van der Waals surface area contributed by atoms with Gasteiger partial charge in [0.25, 0.3) is 5.91 Å². The molecule has 5 heteroatoms. The van der Waals surface area contributed by atoms with Crippen molar-refractivity contribution < 1.29 is 14.7 Å². The summed E-state index contributed by atoms with van der Waals surface area (Å²) in [5.41, 5.74) is 0.905. The molecule has 0 spiro atoms. The van der Waals surface area contributed by atoms with Crippen molar-refractivity contribution in [1.29, 1.82) is 0 Å². The highest BCUT2D eigenvalue weighted by Gasteiger charge is 2.43. The van der Waals surface area contributed by atoms with Crippen molar-refractivity contribution in [2.75, 3.05) is 4.90 Å². The molecule has 0 bridgehead atoms. The van der Waals surface area contributed by atoms with Crippen LogP contribution < -0.4 is 4.90 Å². The van der Waals surface area contributed by atoms with E-state index in [1.165, 1.54) is 19.8 Å². The van der Waals surface area contributed by atoms with Crippen LogP contribution >= 0.6 is 11.6 Å². The first-order valence-corrected chi connectivity index (χ1v) is 8.40. The number of carbonyl (C=O) groups is 2. The monoisotopic (exact) mass is 333 g/mol. The number of nitrogens with zero attached hydrogens (tertiary/aromatic N) is 1. The predicted octanol–water partition coefficient (Wildman–Crippen LogP) is 4.04. The lowest BCUT2D eigenvalue weighted by Gasteiger charge is -2.28. The van der Waals surface area contributed by atoms with Crippen LogP contribution in [0, 0.1) is 5.92 Å². The van der Waals surface area contributed by atoms with E-state index in [1.807, 2.05) is 0 Å². The smallest absolute Gasteiger partial charge is 0.294 e. The Bertz CT molecular complexity index is 659. The highest BCUT2D eigenvalue weighted by molar-refractivity contribution is 6.30. The molecule has 4 nitrogen and oxygen atoms in total. The lowest BCUT2D eigenvalue weighted by atomic mass is 9.92. The number of rotatable bonds is 4. The fourth-order valence-corrected chi connectivity index (χ4v) is 3.87. The van der Waals surface area contributed by atoms with Crippen LogP contribution in [-0.4, -0.2) is 22.8 Å². The van der Waals surface area contributed by atoms with Gasteiger partial charge < -0.3 is 5.11 Å². The first kappa shape index (κ1) is 16.1. The van der Waals surface area contributed by atoms with E-state index in [2.05, 4.69) is 0 Å². The Labute approximate surface area is 140 Å². The normalized spacial score (nSPS) is 22.3. The third kappa shape index (κ3) is 3.00. The van der Waals surface area contributed by atoms with Crippen molar-refractivity contribution in [2.24, 2.45) is 5.92 Å². The lowest BCUT2D eigenvalue weighted by molar-refractivity contribution is -0.117. The number of carbonyl (C=O) groups excluding carboxylic acids is 2. The molecular weight excluding hydrogens is 314 g/mol. The zero-order valence-electron chi connectivity index (χ0n) is 13.1. The topological polar surface area (TPSA) is 57.6 Å². The zero-order chi connectivity index (χ0) is 16.6. The summed E-state index contributed by atoms with van der Waals surface area (Å²) in [6.45, 7) is 1.41. The second kappa shape index (κ2) is 6.36. The first-order chi connectivity index (χ1) is 11.0. The zero-order valence-corrected chi connectivity index (χ0v) is 13.8. The third-order valence-electron chi connectivity index (χ3n) is 4.84. The van der Waals surface area contributed by atoms with Crippen molar-refractivity contribution >= 4 is 29.0 Å². The molecule has 1 saturated carbocycles. The first-order valence-electron chi connectivity index (χ1n) is 8.02. The summed E-state index contributed by atoms with van der Waals surface area (Å²) < 4.78 is 0. The molecule has 0 saturated heterocycles. The van der Waals surface area contributed by atoms with Crippen LogP contribution in [-0.2, 0) is 9.59 Å². The molecule has 2 aliphatic rings. The van der Waals surface area contributed by atoms with E-state index >= 15 is 0 Å². The van der Waals surface area contributed by atoms with E-state index in [4.69, 9.17) is 11.6 Å². The molecule has 122 valence electrons. The fraction of sp³-hybridized carbons (Fsp3) is 0.444. The Hall–Kier alpha value is -1.81. The maximum atomic E-state index is 12.5. The maximum absolute atomic E-state index is 12.5. The molecule has 1 N–H and O–H groups in total. The van der Waals surface area contributed by atoms with Gasteiger partial charge in [-0.1, -0.05) is 37.3 Å². The summed E-state index contributed by atoms with van der Waals surface area (Å²) in [6.07, 6.45) is 5.33. The van der Waals surface area contributed by atoms with Gasteiger partial charge in [0, 0.05) is 10.7 Å². The van der Waals surface area contributed by atoms with Crippen molar-refractivity contribution in [3.63, 3.8) is 0 Å². The van der Waals surface area contributed by atoms with E-state index in [9.17, 15) is 14.7 Å². The molecule has 1 atom stereocenters. The van der Waals surface area contributed by atoms with Crippen molar-refractivity contribution in [2.45, 2.75) is 45.1 Å². The molecule has 1 heterocycles. The standard InChI is InChI=1S/C18H20ClNO3/c1-11(21)16-15(10-12-4-2-3-5-12)20(18(23)17(16)22)14-8-6-13(19)7-9-14/h6-9,12,15,22H,2-5,10H2,1H3. The minimum absolute atomic E-state index is 0.240. The quantitative estimate of drug-likeness (QED) is 0.904. The van der Waals surface area contributed by atoms with Gasteiger partial charge in [-0.15, -0.1) is 0 Å². The van der Waals surface area contributed by atoms with E-state index in [0.29, 0.717) is 23.0 Å². The second-order valence-corrected chi connectivity index (χ2v) is 6.81. The Balaban J connectivity index is 1.97. The van der Waals surface area contributed by atoms with Gasteiger partial charge in [-0.05, 0) is 43.5 Å². The lowest BCUT2D eigenvalue weighted by Crippen LogP contribution is -2.37. The van der Waals surface area contributed by atoms with Crippen LogP contribution in [0.2, 0.25) is 5.02 Å². The molecule has 0 aromatic heterocycles. The largest absolute Gasteiger partial charge is 0.503 e. The summed E-state index contributed by atoms with van der Waals surface area (Å²) in [5, 5.41) is 10.8. The van der Waals surface area contributed by atoms with Crippen molar-refractivity contribution in [1.82, 2.24) is 0 Å². The highest BCUT2D eigenvalue weighted by atomic mass is 35.5. The number of aliphatic hydroxyl groups is 1. The van der Waals surface area contributed by atoms with Crippen LogP contribution in [0.4, 0.5) is 5.69 Å². The Morgan fingerprint density at radius 3 is 2.43 bits per heavy atom. The van der Waals surface area contributed by atoms with Gasteiger partial charge in [0.1, 0.15) is 0 Å². The van der Waals surface area contributed by atoms with Gasteiger partial charge in [0.05, 0.1) is 11.6 Å². The maximum Gasteiger partial charge on any atom is 0.294 e. The van der Waals surface area contributed by atoms with E-state index in [1.54, 1.807) is 29.2 Å². The molecule has 1 aliphatic carbocycles. The van der Waals surface area contributed by atoms with Crippen LogP contribution in [0.15, 0.2) is 35.6 Å². The van der Waals surface area contributed by atoms with Gasteiger partial charge >= 0.3 is 0 Å². The van der Waals surface area contributed by atoms with E-state index in [0.717, 1.165) is 12.8 Å². The van der Waals surface area contributed by atoms with Crippen LogP contribution in [0.1, 0.15) is 39.0 Å². The van der Waals surface area contributed by atoms with Gasteiger partial charge in [-0.3, -0.25) is 14.5 Å². The second-order valence-electron chi connectivity index (χ2n) is 6.37. The highest BCUT2D eigenvalue weighted by Crippen LogP contribution is 2.38. The number of ketones is 1. The van der Waals surface area contributed by atoms with Gasteiger partial charge in [0.2, 0.25) is 0 Å². The van der Waals surface area contributed by atoms with E-state index < -0.39 is 11.7 Å². The summed E-state index contributed by atoms with van der Waals surface area (Å²) in [4.78, 5) is 26.1. The average Bonchev–Trinajstić information content (AvgIpc) is 3.09. The van der Waals surface area contributed by atoms with Crippen LogP contribution in [0.25, 0.3) is 0 Å².